The van der Waals surface area contributed by atoms with Gasteiger partial charge in [-0.25, -0.2) is 0 Å². The van der Waals surface area contributed by atoms with Crippen molar-refractivity contribution in [1.82, 2.24) is 9.80 Å². The predicted molar refractivity (Wildman–Crippen MR) is 83.5 cm³/mol. The Morgan fingerprint density at radius 1 is 1.00 bits per heavy atom. The number of nitrogens with two attached hydrogens (primary N) is 1. The second-order valence-electron chi connectivity index (χ2n) is 6.25. The molecule has 1 aliphatic carbocycles. The minimum atomic E-state index is 0.776. The lowest BCUT2D eigenvalue weighted by atomic mass is 10.0. The van der Waals surface area contributed by atoms with Crippen molar-refractivity contribution >= 4 is 0 Å². The molecule has 110 valence electrons. The average Bonchev–Trinajstić information content (AvgIpc) is 3.32. The zero-order valence-electron chi connectivity index (χ0n) is 12.4. The Hall–Kier alpha value is -0.900. The summed E-state index contributed by atoms with van der Waals surface area (Å²) >= 11 is 0. The molecular formula is C17H27N3. The standard InChI is InChI=1S/C17H27N3/c18-10-13-20(16-6-7-16)17-8-11-19(12-9-17)14-15-4-2-1-3-5-15/h1-5,16-17H,6-14,18H2. The lowest BCUT2D eigenvalue weighted by molar-refractivity contribution is 0.101. The fraction of sp³-hybridized carbons (Fsp3) is 0.647. The third kappa shape index (κ3) is 3.60. The smallest absolute Gasteiger partial charge is 0.0233 e. The zero-order valence-corrected chi connectivity index (χ0v) is 12.4. The van der Waals surface area contributed by atoms with Gasteiger partial charge >= 0.3 is 0 Å². The highest BCUT2D eigenvalue weighted by molar-refractivity contribution is 5.14. The zero-order chi connectivity index (χ0) is 13.8. The SMILES string of the molecule is NCCN(C1CC1)C1CCN(Cc2ccccc2)CC1. The molecule has 0 bridgehead atoms. The van der Waals surface area contributed by atoms with Crippen LogP contribution in [0.5, 0.6) is 0 Å². The van der Waals surface area contributed by atoms with E-state index in [9.17, 15) is 0 Å². The summed E-state index contributed by atoms with van der Waals surface area (Å²) in [6, 6.07) is 12.5. The topological polar surface area (TPSA) is 32.5 Å². The number of rotatable bonds is 6. The maximum atomic E-state index is 5.78. The average molecular weight is 273 g/mol. The van der Waals surface area contributed by atoms with Crippen molar-refractivity contribution in [2.75, 3.05) is 26.2 Å². The Morgan fingerprint density at radius 3 is 2.25 bits per heavy atom. The van der Waals surface area contributed by atoms with Crippen LogP contribution < -0.4 is 5.73 Å². The minimum Gasteiger partial charge on any atom is -0.329 e. The van der Waals surface area contributed by atoms with Crippen LogP contribution in [0.3, 0.4) is 0 Å². The fourth-order valence-electron chi connectivity index (χ4n) is 3.47. The van der Waals surface area contributed by atoms with E-state index in [1.54, 1.807) is 0 Å². The first kappa shape index (κ1) is 14.1. The molecule has 1 aromatic rings. The van der Waals surface area contributed by atoms with Gasteiger partial charge in [0.2, 0.25) is 0 Å². The quantitative estimate of drug-likeness (QED) is 0.861. The fourth-order valence-corrected chi connectivity index (χ4v) is 3.47. The van der Waals surface area contributed by atoms with E-state index >= 15 is 0 Å². The predicted octanol–water partition coefficient (Wildman–Crippen LogP) is 2.07. The van der Waals surface area contributed by atoms with Gasteiger partial charge in [0.15, 0.2) is 0 Å². The molecule has 20 heavy (non-hydrogen) atoms. The third-order valence-corrected chi connectivity index (χ3v) is 4.68. The molecule has 1 aliphatic heterocycles. The molecule has 0 unspecified atom stereocenters. The van der Waals surface area contributed by atoms with Crippen LogP contribution in [-0.2, 0) is 6.54 Å². The summed E-state index contributed by atoms with van der Waals surface area (Å²) in [5.41, 5.74) is 7.22. The van der Waals surface area contributed by atoms with Gasteiger partial charge in [-0.1, -0.05) is 30.3 Å². The molecule has 0 spiro atoms. The van der Waals surface area contributed by atoms with Crippen molar-refractivity contribution in [1.29, 1.82) is 0 Å². The van der Waals surface area contributed by atoms with Gasteiger partial charge in [0.1, 0.15) is 0 Å². The highest BCUT2D eigenvalue weighted by Crippen LogP contribution is 2.31. The molecule has 1 saturated carbocycles. The Balaban J connectivity index is 1.49. The molecular weight excluding hydrogens is 246 g/mol. The molecule has 2 aliphatic rings. The van der Waals surface area contributed by atoms with Crippen molar-refractivity contribution in [2.45, 2.75) is 44.3 Å². The van der Waals surface area contributed by atoms with Crippen molar-refractivity contribution in [3.63, 3.8) is 0 Å². The van der Waals surface area contributed by atoms with E-state index in [2.05, 4.69) is 40.1 Å². The number of hydrogen-bond acceptors (Lipinski definition) is 3. The first-order chi connectivity index (χ1) is 9.86. The first-order valence-electron chi connectivity index (χ1n) is 8.09. The number of piperidine rings is 1. The number of benzene rings is 1. The van der Waals surface area contributed by atoms with E-state index in [4.69, 9.17) is 5.73 Å². The normalized spacial score (nSPS) is 21.5. The van der Waals surface area contributed by atoms with Gasteiger partial charge < -0.3 is 5.73 Å². The monoisotopic (exact) mass is 273 g/mol. The van der Waals surface area contributed by atoms with Crippen LogP contribution >= 0.6 is 0 Å². The molecule has 0 aromatic heterocycles. The van der Waals surface area contributed by atoms with E-state index in [0.29, 0.717) is 0 Å². The second-order valence-corrected chi connectivity index (χ2v) is 6.25. The van der Waals surface area contributed by atoms with Crippen LogP contribution in [0.2, 0.25) is 0 Å². The molecule has 2 N–H and O–H groups in total. The first-order valence-corrected chi connectivity index (χ1v) is 8.09. The van der Waals surface area contributed by atoms with Gasteiger partial charge in [0.05, 0.1) is 0 Å². The van der Waals surface area contributed by atoms with Crippen molar-refractivity contribution in [2.24, 2.45) is 5.73 Å². The Bertz CT molecular complexity index is 394. The molecule has 2 fully saturated rings. The molecule has 3 heteroatoms. The van der Waals surface area contributed by atoms with Crippen molar-refractivity contribution in [3.8, 4) is 0 Å². The summed E-state index contributed by atoms with van der Waals surface area (Å²) in [7, 11) is 0. The van der Waals surface area contributed by atoms with Gasteiger partial charge in [-0.3, -0.25) is 9.80 Å². The van der Waals surface area contributed by atoms with E-state index in [1.165, 1.54) is 44.3 Å². The van der Waals surface area contributed by atoms with Crippen molar-refractivity contribution < 1.29 is 0 Å². The van der Waals surface area contributed by atoms with Gasteiger partial charge in [-0.2, -0.15) is 0 Å². The number of hydrogen-bond donors (Lipinski definition) is 1. The third-order valence-electron chi connectivity index (χ3n) is 4.68. The van der Waals surface area contributed by atoms with Crippen LogP contribution in [-0.4, -0.2) is 48.1 Å². The summed E-state index contributed by atoms with van der Waals surface area (Å²) in [6.45, 7) is 5.46. The molecule has 0 amide bonds. The van der Waals surface area contributed by atoms with Crippen LogP contribution in [0.25, 0.3) is 0 Å². The lowest BCUT2D eigenvalue weighted by Gasteiger charge is -2.38. The molecule has 0 atom stereocenters. The Labute approximate surface area is 122 Å². The summed E-state index contributed by atoms with van der Waals surface area (Å²) < 4.78 is 0. The van der Waals surface area contributed by atoms with E-state index in [0.717, 1.165) is 31.7 Å². The molecule has 0 radical (unpaired) electrons. The lowest BCUT2D eigenvalue weighted by Crippen LogP contribution is -2.47. The van der Waals surface area contributed by atoms with Crippen molar-refractivity contribution in [3.05, 3.63) is 35.9 Å². The maximum absolute atomic E-state index is 5.78. The summed E-state index contributed by atoms with van der Waals surface area (Å²) in [6.07, 6.45) is 5.40. The van der Waals surface area contributed by atoms with Crippen LogP contribution in [0.4, 0.5) is 0 Å². The summed E-state index contributed by atoms with van der Waals surface area (Å²) in [4.78, 5) is 5.29. The van der Waals surface area contributed by atoms with Crippen LogP contribution in [0, 0.1) is 0 Å². The summed E-state index contributed by atoms with van der Waals surface area (Å²) in [5.74, 6) is 0. The van der Waals surface area contributed by atoms with E-state index in [-0.39, 0.29) is 0 Å². The molecule has 1 heterocycles. The molecule has 1 saturated heterocycles. The molecule has 3 rings (SSSR count). The Morgan fingerprint density at radius 2 is 1.65 bits per heavy atom. The van der Waals surface area contributed by atoms with Gasteiger partial charge in [0.25, 0.3) is 0 Å². The molecule has 1 aromatic carbocycles. The molecule has 3 nitrogen and oxygen atoms in total. The van der Waals surface area contributed by atoms with Crippen LogP contribution in [0.1, 0.15) is 31.2 Å². The van der Waals surface area contributed by atoms with Crippen LogP contribution in [0.15, 0.2) is 30.3 Å². The van der Waals surface area contributed by atoms with Gasteiger partial charge in [-0.15, -0.1) is 0 Å². The number of nitrogens with zero attached hydrogens (tertiary/aromatic N) is 2. The highest BCUT2D eigenvalue weighted by Gasteiger charge is 2.34. The van der Waals surface area contributed by atoms with Gasteiger partial charge in [-0.05, 0) is 44.3 Å². The van der Waals surface area contributed by atoms with Gasteiger partial charge in [0, 0.05) is 31.7 Å². The van der Waals surface area contributed by atoms with E-state index in [1.807, 2.05) is 0 Å². The minimum absolute atomic E-state index is 0.776. The Kier molecular flexibility index (Phi) is 4.71. The van der Waals surface area contributed by atoms with E-state index < -0.39 is 0 Å². The highest BCUT2D eigenvalue weighted by atomic mass is 15.2. The number of likely N-dealkylation sites (tertiary alicyclic amines) is 1. The largest absolute Gasteiger partial charge is 0.329 e. The summed E-state index contributed by atoms with van der Waals surface area (Å²) in [5, 5.41) is 0. The second kappa shape index (κ2) is 6.70. The maximum Gasteiger partial charge on any atom is 0.0233 e.